The minimum absolute atomic E-state index is 0.0708. The number of hydrogen-bond donors (Lipinski definition) is 2. The van der Waals surface area contributed by atoms with Gasteiger partial charge in [-0.1, -0.05) is 25.6 Å². The van der Waals surface area contributed by atoms with E-state index in [0.717, 1.165) is 24.6 Å². The van der Waals surface area contributed by atoms with E-state index < -0.39 is 6.03 Å². The Kier molecular flexibility index (Phi) is 4.99. The predicted molar refractivity (Wildman–Crippen MR) is 73.4 cm³/mol. The van der Waals surface area contributed by atoms with E-state index in [1.807, 2.05) is 13.8 Å². The van der Waals surface area contributed by atoms with Gasteiger partial charge in [0.2, 0.25) is 11.8 Å². The lowest BCUT2D eigenvalue weighted by molar-refractivity contribution is -0.117. The number of amides is 3. The summed E-state index contributed by atoms with van der Waals surface area (Å²) >= 11 is 1.13. The highest BCUT2D eigenvalue weighted by atomic mass is 32.2. The molecule has 0 unspecified atom stereocenters. The van der Waals surface area contributed by atoms with Crippen molar-refractivity contribution in [3.8, 4) is 0 Å². The molecule has 0 atom stereocenters. The van der Waals surface area contributed by atoms with Crippen LogP contribution in [0.25, 0.3) is 0 Å². The Labute approximate surface area is 121 Å². The van der Waals surface area contributed by atoms with Crippen LogP contribution in [0.5, 0.6) is 0 Å². The molecule has 1 aromatic rings. The summed E-state index contributed by atoms with van der Waals surface area (Å²) in [6, 6.07) is -0.478. The molecule has 110 valence electrons. The number of aromatic nitrogens is 2. The van der Waals surface area contributed by atoms with Gasteiger partial charge in [-0.05, 0) is 18.8 Å². The zero-order chi connectivity index (χ0) is 14.5. The first-order valence-corrected chi connectivity index (χ1v) is 7.57. The molecular formula is C12H18N4O3S. The number of carbonyl (C=O) groups is 2. The summed E-state index contributed by atoms with van der Waals surface area (Å²) in [5, 5.41) is 13.0. The topological polar surface area (TPSA) is 97.1 Å². The van der Waals surface area contributed by atoms with Gasteiger partial charge in [-0.2, -0.15) is 0 Å². The smallest absolute Gasteiger partial charge is 0.321 e. The second-order valence-corrected chi connectivity index (χ2v) is 6.05. The average molecular weight is 298 g/mol. The van der Waals surface area contributed by atoms with Crippen molar-refractivity contribution in [2.24, 2.45) is 5.92 Å². The third-order valence-electron chi connectivity index (χ3n) is 2.60. The van der Waals surface area contributed by atoms with E-state index in [0.29, 0.717) is 29.5 Å². The number of nitrogens with one attached hydrogen (secondary N) is 2. The SMILES string of the molecule is CC(C)CNC(=O)NC(=O)CSc1nnc(C2CC2)o1. The molecule has 1 aliphatic carbocycles. The van der Waals surface area contributed by atoms with Gasteiger partial charge < -0.3 is 9.73 Å². The van der Waals surface area contributed by atoms with Crippen molar-refractivity contribution in [1.82, 2.24) is 20.8 Å². The highest BCUT2D eigenvalue weighted by Crippen LogP contribution is 2.39. The Morgan fingerprint density at radius 1 is 1.40 bits per heavy atom. The van der Waals surface area contributed by atoms with Crippen molar-refractivity contribution in [2.45, 2.75) is 37.8 Å². The Hall–Kier alpha value is -1.57. The molecule has 0 aliphatic heterocycles. The van der Waals surface area contributed by atoms with Crippen LogP contribution < -0.4 is 10.6 Å². The van der Waals surface area contributed by atoms with Crippen LogP contribution in [0.3, 0.4) is 0 Å². The van der Waals surface area contributed by atoms with E-state index in [4.69, 9.17) is 4.42 Å². The fraction of sp³-hybridized carbons (Fsp3) is 0.667. The summed E-state index contributed by atoms with van der Waals surface area (Å²) in [5.74, 6) is 1.06. The van der Waals surface area contributed by atoms with Crippen LogP contribution in [-0.4, -0.2) is 34.4 Å². The molecule has 0 radical (unpaired) electrons. The molecule has 2 rings (SSSR count). The van der Waals surface area contributed by atoms with Gasteiger partial charge in [-0.3, -0.25) is 10.1 Å². The summed E-state index contributed by atoms with van der Waals surface area (Å²) in [4.78, 5) is 22.9. The maximum atomic E-state index is 11.5. The third kappa shape index (κ3) is 4.84. The molecule has 0 aromatic carbocycles. The quantitative estimate of drug-likeness (QED) is 0.773. The van der Waals surface area contributed by atoms with E-state index in [-0.39, 0.29) is 11.7 Å². The van der Waals surface area contributed by atoms with E-state index in [9.17, 15) is 9.59 Å². The maximum absolute atomic E-state index is 11.5. The number of rotatable bonds is 6. The van der Waals surface area contributed by atoms with Gasteiger partial charge in [0.25, 0.3) is 5.22 Å². The zero-order valence-corrected chi connectivity index (χ0v) is 12.3. The Balaban J connectivity index is 1.67. The van der Waals surface area contributed by atoms with Crippen molar-refractivity contribution in [1.29, 1.82) is 0 Å². The minimum Gasteiger partial charge on any atom is -0.416 e. The monoisotopic (exact) mass is 298 g/mol. The van der Waals surface area contributed by atoms with Gasteiger partial charge in [0.1, 0.15) is 0 Å². The number of urea groups is 1. The lowest BCUT2D eigenvalue weighted by Gasteiger charge is -2.07. The molecule has 1 fully saturated rings. The summed E-state index contributed by atoms with van der Waals surface area (Å²) in [5.41, 5.74) is 0. The largest absolute Gasteiger partial charge is 0.416 e. The van der Waals surface area contributed by atoms with Gasteiger partial charge in [-0.25, -0.2) is 4.79 Å². The van der Waals surface area contributed by atoms with Crippen molar-refractivity contribution < 1.29 is 14.0 Å². The van der Waals surface area contributed by atoms with Crippen LogP contribution in [0.4, 0.5) is 4.79 Å². The van der Waals surface area contributed by atoms with Crippen molar-refractivity contribution in [2.75, 3.05) is 12.3 Å². The first-order chi connectivity index (χ1) is 9.54. The molecule has 3 amide bonds. The molecule has 1 saturated carbocycles. The molecule has 2 N–H and O–H groups in total. The van der Waals surface area contributed by atoms with Crippen LogP contribution in [0.15, 0.2) is 9.64 Å². The van der Waals surface area contributed by atoms with Crippen molar-refractivity contribution >= 4 is 23.7 Å². The molecule has 1 aliphatic rings. The van der Waals surface area contributed by atoms with Crippen LogP contribution in [0, 0.1) is 5.92 Å². The van der Waals surface area contributed by atoms with E-state index >= 15 is 0 Å². The molecule has 20 heavy (non-hydrogen) atoms. The van der Waals surface area contributed by atoms with Gasteiger partial charge in [-0.15, -0.1) is 10.2 Å². The van der Waals surface area contributed by atoms with Gasteiger partial charge in [0, 0.05) is 12.5 Å². The summed E-state index contributed by atoms with van der Waals surface area (Å²) < 4.78 is 5.40. The third-order valence-corrected chi connectivity index (χ3v) is 3.42. The van der Waals surface area contributed by atoms with Gasteiger partial charge >= 0.3 is 6.03 Å². The molecule has 0 spiro atoms. The van der Waals surface area contributed by atoms with Crippen LogP contribution in [0.1, 0.15) is 38.5 Å². The van der Waals surface area contributed by atoms with Crippen LogP contribution >= 0.6 is 11.8 Å². The fourth-order valence-electron chi connectivity index (χ4n) is 1.40. The molecule has 0 saturated heterocycles. The standard InChI is InChI=1S/C12H18N4O3S/c1-7(2)5-13-11(18)14-9(17)6-20-12-16-15-10(19-12)8-3-4-8/h7-8H,3-6H2,1-2H3,(H2,13,14,17,18). The lowest BCUT2D eigenvalue weighted by atomic mass is 10.2. The first kappa shape index (κ1) is 14.8. The Morgan fingerprint density at radius 2 is 2.15 bits per heavy atom. The molecule has 7 nitrogen and oxygen atoms in total. The average Bonchev–Trinajstić information content (AvgIpc) is 3.13. The van der Waals surface area contributed by atoms with E-state index in [2.05, 4.69) is 20.8 Å². The van der Waals surface area contributed by atoms with Crippen LogP contribution in [-0.2, 0) is 4.79 Å². The molecule has 1 heterocycles. The second kappa shape index (κ2) is 6.74. The first-order valence-electron chi connectivity index (χ1n) is 6.58. The van der Waals surface area contributed by atoms with Crippen molar-refractivity contribution in [3.63, 3.8) is 0 Å². The number of hydrogen-bond acceptors (Lipinski definition) is 6. The highest BCUT2D eigenvalue weighted by Gasteiger charge is 2.29. The van der Waals surface area contributed by atoms with Gasteiger partial charge in [0.05, 0.1) is 5.75 Å². The normalized spacial score (nSPS) is 14.3. The molecule has 0 bridgehead atoms. The number of imide groups is 1. The minimum atomic E-state index is -0.478. The summed E-state index contributed by atoms with van der Waals surface area (Å²) in [6.45, 7) is 4.48. The molecular weight excluding hydrogens is 280 g/mol. The number of thioether (sulfide) groups is 1. The zero-order valence-electron chi connectivity index (χ0n) is 11.5. The molecule has 1 aromatic heterocycles. The summed E-state index contributed by atoms with van der Waals surface area (Å²) in [6.07, 6.45) is 2.17. The lowest BCUT2D eigenvalue weighted by Crippen LogP contribution is -2.41. The predicted octanol–water partition coefficient (Wildman–Crippen LogP) is 1.52. The van der Waals surface area contributed by atoms with Gasteiger partial charge in [0.15, 0.2) is 0 Å². The van der Waals surface area contributed by atoms with Crippen LogP contribution in [0.2, 0.25) is 0 Å². The Morgan fingerprint density at radius 3 is 2.80 bits per heavy atom. The number of carbonyl (C=O) groups excluding carboxylic acids is 2. The van der Waals surface area contributed by atoms with E-state index in [1.54, 1.807) is 0 Å². The van der Waals surface area contributed by atoms with Crippen molar-refractivity contribution in [3.05, 3.63) is 5.89 Å². The molecule has 8 heteroatoms. The van der Waals surface area contributed by atoms with E-state index in [1.165, 1.54) is 0 Å². The Bertz CT molecular complexity index is 485. The highest BCUT2D eigenvalue weighted by molar-refractivity contribution is 7.99. The number of nitrogens with zero attached hydrogens (tertiary/aromatic N) is 2. The maximum Gasteiger partial charge on any atom is 0.321 e. The second-order valence-electron chi connectivity index (χ2n) is 5.12. The fourth-order valence-corrected chi connectivity index (χ4v) is 1.97. The summed E-state index contributed by atoms with van der Waals surface area (Å²) in [7, 11) is 0.